The molecule has 23 heavy (non-hydrogen) atoms. The Bertz CT molecular complexity index is 710. The lowest BCUT2D eigenvalue weighted by molar-refractivity contribution is 0.0576. The van der Waals surface area contributed by atoms with Crippen LogP contribution in [0.25, 0.3) is 0 Å². The maximum absolute atomic E-state index is 12.3. The van der Waals surface area contributed by atoms with Crippen LogP contribution in [0.4, 0.5) is 0 Å². The van der Waals surface area contributed by atoms with Gasteiger partial charge in [0, 0.05) is 26.2 Å². The number of hydrogen-bond donors (Lipinski definition) is 0. The van der Waals surface area contributed by atoms with E-state index in [1.165, 1.54) is 6.26 Å². The molecule has 5 heteroatoms. The van der Waals surface area contributed by atoms with Gasteiger partial charge >= 0.3 is 0 Å². The number of nitrogens with zero attached hydrogens (tertiary/aromatic N) is 3. The van der Waals surface area contributed by atoms with Crippen LogP contribution in [-0.4, -0.2) is 41.9 Å². The minimum Gasteiger partial charge on any atom is -0.459 e. The predicted octanol–water partition coefficient (Wildman–Crippen LogP) is 2.61. The molecular weight excluding hydrogens is 290 g/mol. The van der Waals surface area contributed by atoms with Crippen molar-refractivity contribution in [2.24, 2.45) is 0 Å². The Hall–Kier alpha value is -2.58. The van der Waals surface area contributed by atoms with E-state index in [0.717, 1.165) is 11.1 Å². The van der Waals surface area contributed by atoms with Crippen LogP contribution in [0.3, 0.4) is 0 Å². The van der Waals surface area contributed by atoms with Crippen molar-refractivity contribution in [2.75, 3.05) is 26.2 Å². The third kappa shape index (κ3) is 3.13. The van der Waals surface area contributed by atoms with E-state index in [0.29, 0.717) is 31.9 Å². The zero-order valence-electron chi connectivity index (χ0n) is 13.1. The molecule has 1 atom stereocenters. The highest BCUT2D eigenvalue weighted by Crippen LogP contribution is 2.24. The lowest BCUT2D eigenvalue weighted by Crippen LogP contribution is -2.49. The molecule has 1 aliphatic heterocycles. The SMILES string of the molecule is Cc1ccccc1C(C#N)N1CCN(C(=O)c2ccco2)CC1. The topological polar surface area (TPSA) is 60.5 Å². The third-order valence-electron chi connectivity index (χ3n) is 4.30. The second-order valence-electron chi connectivity index (χ2n) is 5.69. The molecule has 3 rings (SSSR count). The molecule has 0 bridgehead atoms. The van der Waals surface area contributed by atoms with E-state index in [1.54, 1.807) is 17.0 Å². The van der Waals surface area contributed by atoms with Crippen molar-refractivity contribution in [1.82, 2.24) is 9.80 Å². The lowest BCUT2D eigenvalue weighted by Gasteiger charge is -2.37. The summed E-state index contributed by atoms with van der Waals surface area (Å²) in [7, 11) is 0. The quantitative estimate of drug-likeness (QED) is 0.874. The van der Waals surface area contributed by atoms with Crippen LogP contribution in [0.5, 0.6) is 0 Å². The number of furan rings is 1. The monoisotopic (exact) mass is 309 g/mol. The molecule has 1 aromatic carbocycles. The van der Waals surface area contributed by atoms with Gasteiger partial charge in [-0.05, 0) is 30.2 Å². The molecular formula is C18H19N3O2. The van der Waals surface area contributed by atoms with Crippen LogP contribution in [0, 0.1) is 18.3 Å². The smallest absolute Gasteiger partial charge is 0.289 e. The Morgan fingerprint density at radius 2 is 1.91 bits per heavy atom. The molecule has 1 aliphatic rings. The van der Waals surface area contributed by atoms with Gasteiger partial charge in [0.25, 0.3) is 5.91 Å². The summed E-state index contributed by atoms with van der Waals surface area (Å²) in [6, 6.07) is 13.5. The molecule has 1 unspecified atom stereocenters. The average molecular weight is 309 g/mol. The summed E-state index contributed by atoms with van der Waals surface area (Å²) in [5.74, 6) is 0.285. The molecule has 0 spiro atoms. The highest BCUT2D eigenvalue weighted by atomic mass is 16.3. The fraction of sp³-hybridized carbons (Fsp3) is 0.333. The first-order chi connectivity index (χ1) is 11.2. The minimum atomic E-state index is -0.267. The van der Waals surface area contributed by atoms with E-state index >= 15 is 0 Å². The molecule has 1 aromatic heterocycles. The molecule has 0 N–H and O–H groups in total. The number of aryl methyl sites for hydroxylation is 1. The van der Waals surface area contributed by atoms with Gasteiger partial charge in [-0.25, -0.2) is 0 Å². The van der Waals surface area contributed by atoms with Gasteiger partial charge in [-0.1, -0.05) is 24.3 Å². The maximum atomic E-state index is 12.3. The van der Waals surface area contributed by atoms with Crippen LogP contribution in [0.2, 0.25) is 0 Å². The van der Waals surface area contributed by atoms with Crippen molar-refractivity contribution in [1.29, 1.82) is 5.26 Å². The fourth-order valence-electron chi connectivity index (χ4n) is 2.98. The number of amides is 1. The van der Waals surface area contributed by atoms with Gasteiger partial charge in [-0.15, -0.1) is 0 Å². The largest absolute Gasteiger partial charge is 0.459 e. The normalized spacial score (nSPS) is 16.8. The van der Waals surface area contributed by atoms with Crippen molar-refractivity contribution in [2.45, 2.75) is 13.0 Å². The van der Waals surface area contributed by atoms with Gasteiger partial charge in [-0.3, -0.25) is 9.69 Å². The Balaban J connectivity index is 1.67. The Morgan fingerprint density at radius 1 is 1.17 bits per heavy atom. The van der Waals surface area contributed by atoms with Crippen LogP contribution >= 0.6 is 0 Å². The predicted molar refractivity (Wildman–Crippen MR) is 85.7 cm³/mol. The highest BCUT2D eigenvalue weighted by molar-refractivity contribution is 5.91. The van der Waals surface area contributed by atoms with Gasteiger partial charge in [0.1, 0.15) is 6.04 Å². The number of rotatable bonds is 3. The number of piperazine rings is 1. The van der Waals surface area contributed by atoms with Crippen LogP contribution in [0.1, 0.15) is 27.7 Å². The van der Waals surface area contributed by atoms with Crippen molar-refractivity contribution in [3.63, 3.8) is 0 Å². The highest BCUT2D eigenvalue weighted by Gasteiger charge is 2.28. The van der Waals surface area contributed by atoms with Gasteiger partial charge in [0.05, 0.1) is 12.3 Å². The Morgan fingerprint density at radius 3 is 2.52 bits per heavy atom. The summed E-state index contributed by atoms with van der Waals surface area (Å²) >= 11 is 0. The first-order valence-corrected chi connectivity index (χ1v) is 7.72. The number of carbonyl (C=O) groups is 1. The second-order valence-corrected chi connectivity index (χ2v) is 5.69. The molecule has 0 radical (unpaired) electrons. The summed E-state index contributed by atoms with van der Waals surface area (Å²) in [5.41, 5.74) is 2.16. The van der Waals surface area contributed by atoms with E-state index < -0.39 is 0 Å². The first kappa shape index (κ1) is 15.3. The van der Waals surface area contributed by atoms with E-state index in [4.69, 9.17) is 4.42 Å². The standard InChI is InChI=1S/C18H19N3O2/c1-14-5-2-3-6-15(14)16(13-19)20-8-10-21(11-9-20)18(22)17-7-4-12-23-17/h2-7,12,16H,8-11H2,1H3. The first-order valence-electron chi connectivity index (χ1n) is 7.72. The summed E-state index contributed by atoms with van der Waals surface area (Å²) in [6.07, 6.45) is 1.51. The molecule has 2 heterocycles. The fourth-order valence-corrected chi connectivity index (χ4v) is 2.98. The Labute approximate surface area is 135 Å². The molecule has 5 nitrogen and oxygen atoms in total. The Kier molecular flexibility index (Phi) is 4.45. The minimum absolute atomic E-state index is 0.0842. The van der Waals surface area contributed by atoms with Crippen molar-refractivity contribution >= 4 is 5.91 Å². The van der Waals surface area contributed by atoms with Crippen molar-refractivity contribution in [3.05, 3.63) is 59.5 Å². The molecule has 1 amide bonds. The average Bonchev–Trinajstić information content (AvgIpc) is 3.12. The second kappa shape index (κ2) is 6.67. The van der Waals surface area contributed by atoms with Crippen molar-refractivity contribution < 1.29 is 9.21 Å². The van der Waals surface area contributed by atoms with Crippen molar-refractivity contribution in [3.8, 4) is 6.07 Å². The summed E-state index contributed by atoms with van der Waals surface area (Å²) < 4.78 is 5.17. The van der Waals surface area contributed by atoms with E-state index in [9.17, 15) is 10.1 Å². The maximum Gasteiger partial charge on any atom is 0.289 e. The summed E-state index contributed by atoms with van der Waals surface area (Å²) in [6.45, 7) is 4.58. The number of benzene rings is 1. The van der Waals surface area contributed by atoms with E-state index in [1.807, 2.05) is 31.2 Å². The zero-order chi connectivity index (χ0) is 16.2. The van der Waals surface area contributed by atoms with Gasteiger partial charge in [-0.2, -0.15) is 5.26 Å². The zero-order valence-corrected chi connectivity index (χ0v) is 13.1. The van der Waals surface area contributed by atoms with Crippen LogP contribution < -0.4 is 0 Å². The third-order valence-corrected chi connectivity index (χ3v) is 4.30. The molecule has 2 aromatic rings. The molecule has 0 aliphatic carbocycles. The van der Waals surface area contributed by atoms with Gasteiger partial charge in [0.15, 0.2) is 5.76 Å². The van der Waals surface area contributed by atoms with E-state index in [2.05, 4.69) is 11.0 Å². The van der Waals surface area contributed by atoms with Gasteiger partial charge in [0.2, 0.25) is 0 Å². The summed E-state index contributed by atoms with van der Waals surface area (Å²) in [5, 5.41) is 9.59. The van der Waals surface area contributed by atoms with Crippen LogP contribution in [-0.2, 0) is 0 Å². The number of hydrogen-bond acceptors (Lipinski definition) is 4. The number of nitriles is 1. The lowest BCUT2D eigenvalue weighted by atomic mass is 10.0. The molecule has 0 saturated carbocycles. The summed E-state index contributed by atoms with van der Waals surface area (Å²) in [4.78, 5) is 16.2. The number of carbonyl (C=O) groups excluding carboxylic acids is 1. The van der Waals surface area contributed by atoms with Crippen LogP contribution in [0.15, 0.2) is 47.1 Å². The molecule has 1 saturated heterocycles. The van der Waals surface area contributed by atoms with Gasteiger partial charge < -0.3 is 9.32 Å². The molecule has 1 fully saturated rings. The molecule has 118 valence electrons. The van der Waals surface area contributed by atoms with E-state index in [-0.39, 0.29) is 11.9 Å².